The van der Waals surface area contributed by atoms with Gasteiger partial charge in [-0.25, -0.2) is 9.59 Å². The second-order valence-electron chi connectivity index (χ2n) is 4.86. The number of nitrogens with one attached hydrogen (secondary N) is 2. The zero-order chi connectivity index (χ0) is 17.9. The Morgan fingerprint density at radius 1 is 1.25 bits per heavy atom. The second-order valence-corrected chi connectivity index (χ2v) is 5.68. The molecule has 128 valence electrons. The Kier molecular flexibility index (Phi) is 5.69. The predicted octanol–water partition coefficient (Wildman–Crippen LogP) is 3.86. The van der Waals surface area contributed by atoms with Crippen molar-refractivity contribution in [3.63, 3.8) is 0 Å². The summed E-state index contributed by atoms with van der Waals surface area (Å²) in [5.74, 6) is -0.309. The maximum absolute atomic E-state index is 12.2. The molecule has 0 fully saturated rings. The summed E-state index contributed by atoms with van der Waals surface area (Å²) in [6, 6.07) is 4.14. The Morgan fingerprint density at radius 2 is 1.96 bits per heavy atom. The van der Waals surface area contributed by atoms with E-state index in [4.69, 9.17) is 27.9 Å². The molecule has 2 N–H and O–H groups in total. The number of hydrogen-bond donors (Lipinski definition) is 2. The summed E-state index contributed by atoms with van der Waals surface area (Å²) >= 11 is 11.7. The molecular weight excluding hydrogens is 355 g/mol. The van der Waals surface area contributed by atoms with Crippen LogP contribution in [0.3, 0.4) is 0 Å². The van der Waals surface area contributed by atoms with E-state index < -0.39 is 12.0 Å². The van der Waals surface area contributed by atoms with E-state index in [0.29, 0.717) is 21.4 Å². The van der Waals surface area contributed by atoms with Gasteiger partial charge in [0.15, 0.2) is 0 Å². The standard InChI is InChI=1S/C15H16Cl2N4O3/c1-4-24-14(22)12-8(2)20-21(3)13(12)19-15(23)18-9-5-6-10(16)11(17)7-9/h5-7H,4H2,1-3H3,(H2,18,19,23). The van der Waals surface area contributed by atoms with Crippen LogP contribution in [0.1, 0.15) is 23.0 Å². The first-order valence-electron chi connectivity index (χ1n) is 7.07. The summed E-state index contributed by atoms with van der Waals surface area (Å²) < 4.78 is 6.39. The molecule has 0 atom stereocenters. The molecule has 0 radical (unpaired) electrons. The van der Waals surface area contributed by atoms with Crippen LogP contribution in [0.15, 0.2) is 18.2 Å². The number of hydrogen-bond acceptors (Lipinski definition) is 4. The Labute approximate surface area is 148 Å². The van der Waals surface area contributed by atoms with Crippen LogP contribution in [0.2, 0.25) is 10.0 Å². The van der Waals surface area contributed by atoms with Crippen molar-refractivity contribution in [2.75, 3.05) is 17.2 Å². The molecule has 9 heteroatoms. The molecule has 0 unspecified atom stereocenters. The van der Waals surface area contributed by atoms with Crippen molar-refractivity contribution >= 4 is 46.7 Å². The fourth-order valence-electron chi connectivity index (χ4n) is 2.09. The number of ether oxygens (including phenoxy) is 1. The third-order valence-electron chi connectivity index (χ3n) is 3.11. The van der Waals surface area contributed by atoms with Crippen molar-refractivity contribution in [3.05, 3.63) is 39.5 Å². The maximum Gasteiger partial charge on any atom is 0.343 e. The first kappa shape index (κ1) is 18.1. The maximum atomic E-state index is 12.2. The first-order chi connectivity index (χ1) is 11.3. The molecule has 1 aromatic heterocycles. The average Bonchev–Trinajstić information content (AvgIpc) is 2.77. The van der Waals surface area contributed by atoms with Crippen LogP contribution in [-0.4, -0.2) is 28.4 Å². The minimum absolute atomic E-state index is 0.212. The van der Waals surface area contributed by atoms with Gasteiger partial charge in [0.25, 0.3) is 0 Å². The van der Waals surface area contributed by atoms with Crippen LogP contribution in [-0.2, 0) is 11.8 Å². The summed E-state index contributed by atoms with van der Waals surface area (Å²) in [6.07, 6.45) is 0. The number of carbonyl (C=O) groups excluding carboxylic acids is 2. The zero-order valence-electron chi connectivity index (χ0n) is 13.3. The molecule has 24 heavy (non-hydrogen) atoms. The van der Waals surface area contributed by atoms with E-state index in [1.165, 1.54) is 10.7 Å². The largest absolute Gasteiger partial charge is 0.462 e. The quantitative estimate of drug-likeness (QED) is 0.800. The molecule has 1 aromatic carbocycles. The van der Waals surface area contributed by atoms with Gasteiger partial charge < -0.3 is 10.1 Å². The van der Waals surface area contributed by atoms with Crippen molar-refractivity contribution in [1.82, 2.24) is 9.78 Å². The second kappa shape index (κ2) is 7.55. The van der Waals surface area contributed by atoms with Gasteiger partial charge in [-0.05, 0) is 32.0 Å². The van der Waals surface area contributed by atoms with Crippen LogP contribution in [0, 0.1) is 6.92 Å². The number of esters is 1. The van der Waals surface area contributed by atoms with E-state index in [1.54, 1.807) is 33.0 Å². The lowest BCUT2D eigenvalue weighted by molar-refractivity contribution is 0.0526. The van der Waals surface area contributed by atoms with E-state index in [-0.39, 0.29) is 18.0 Å². The van der Waals surface area contributed by atoms with Gasteiger partial charge in [-0.15, -0.1) is 0 Å². The van der Waals surface area contributed by atoms with E-state index in [1.807, 2.05) is 0 Å². The summed E-state index contributed by atoms with van der Waals surface area (Å²) in [5.41, 5.74) is 1.13. The highest BCUT2D eigenvalue weighted by molar-refractivity contribution is 6.42. The molecule has 0 aliphatic heterocycles. The van der Waals surface area contributed by atoms with Gasteiger partial charge in [-0.3, -0.25) is 10.00 Å². The van der Waals surface area contributed by atoms with Gasteiger partial charge in [-0.2, -0.15) is 5.10 Å². The third-order valence-corrected chi connectivity index (χ3v) is 3.85. The molecule has 0 bridgehead atoms. The predicted molar refractivity (Wildman–Crippen MR) is 93.0 cm³/mol. The van der Waals surface area contributed by atoms with Gasteiger partial charge in [0, 0.05) is 12.7 Å². The summed E-state index contributed by atoms with van der Waals surface area (Å²) in [5, 5.41) is 10.0. The number of aryl methyl sites for hydroxylation is 2. The van der Waals surface area contributed by atoms with Crippen LogP contribution in [0.5, 0.6) is 0 Å². The van der Waals surface area contributed by atoms with Gasteiger partial charge in [0.1, 0.15) is 11.4 Å². The number of aromatic nitrogens is 2. The molecule has 7 nitrogen and oxygen atoms in total. The normalized spacial score (nSPS) is 10.4. The van der Waals surface area contributed by atoms with Gasteiger partial charge in [-0.1, -0.05) is 23.2 Å². The zero-order valence-corrected chi connectivity index (χ0v) is 14.8. The number of anilines is 2. The molecule has 0 aliphatic rings. The molecule has 2 amide bonds. The van der Waals surface area contributed by atoms with Crippen molar-refractivity contribution in [2.24, 2.45) is 7.05 Å². The number of halogens is 2. The van der Waals surface area contributed by atoms with Crippen LogP contribution >= 0.6 is 23.2 Å². The lowest BCUT2D eigenvalue weighted by atomic mass is 10.2. The topological polar surface area (TPSA) is 85.2 Å². The number of carbonyl (C=O) groups is 2. The smallest absolute Gasteiger partial charge is 0.343 e. The Morgan fingerprint density at radius 3 is 2.58 bits per heavy atom. The SMILES string of the molecule is CCOC(=O)c1c(C)nn(C)c1NC(=O)Nc1ccc(Cl)c(Cl)c1. The van der Waals surface area contributed by atoms with E-state index >= 15 is 0 Å². The molecule has 0 spiro atoms. The highest BCUT2D eigenvalue weighted by Crippen LogP contribution is 2.25. The molecule has 1 heterocycles. The number of urea groups is 1. The monoisotopic (exact) mass is 370 g/mol. The van der Waals surface area contributed by atoms with E-state index in [9.17, 15) is 9.59 Å². The molecule has 2 aromatic rings. The number of nitrogens with zero attached hydrogens (tertiary/aromatic N) is 2. The lowest BCUT2D eigenvalue weighted by Crippen LogP contribution is -2.22. The minimum Gasteiger partial charge on any atom is -0.462 e. The number of rotatable bonds is 4. The summed E-state index contributed by atoms with van der Waals surface area (Å²) in [7, 11) is 1.62. The molecule has 2 rings (SSSR count). The van der Waals surface area contributed by atoms with Gasteiger partial charge in [0.2, 0.25) is 0 Å². The molecule has 0 saturated heterocycles. The average molecular weight is 371 g/mol. The minimum atomic E-state index is -0.554. The van der Waals surface area contributed by atoms with E-state index in [0.717, 1.165) is 0 Å². The Bertz CT molecular complexity index is 789. The Balaban J connectivity index is 2.19. The van der Waals surface area contributed by atoms with E-state index in [2.05, 4.69) is 15.7 Å². The van der Waals surface area contributed by atoms with Gasteiger partial charge in [0.05, 0.1) is 22.3 Å². The van der Waals surface area contributed by atoms with Crippen LogP contribution in [0.4, 0.5) is 16.3 Å². The fourth-order valence-corrected chi connectivity index (χ4v) is 2.39. The fraction of sp³-hybridized carbons (Fsp3) is 0.267. The van der Waals surface area contributed by atoms with Crippen molar-refractivity contribution in [2.45, 2.75) is 13.8 Å². The highest BCUT2D eigenvalue weighted by Gasteiger charge is 2.23. The summed E-state index contributed by atoms with van der Waals surface area (Å²) in [6.45, 7) is 3.59. The van der Waals surface area contributed by atoms with Crippen LogP contribution < -0.4 is 10.6 Å². The third kappa shape index (κ3) is 3.98. The van der Waals surface area contributed by atoms with Crippen molar-refractivity contribution in [3.8, 4) is 0 Å². The van der Waals surface area contributed by atoms with Crippen LogP contribution in [0.25, 0.3) is 0 Å². The first-order valence-corrected chi connectivity index (χ1v) is 7.82. The molecule has 0 saturated carbocycles. The Hall–Kier alpha value is -2.25. The lowest BCUT2D eigenvalue weighted by Gasteiger charge is -2.10. The van der Waals surface area contributed by atoms with Gasteiger partial charge >= 0.3 is 12.0 Å². The summed E-state index contributed by atoms with van der Waals surface area (Å²) in [4.78, 5) is 24.2. The van der Waals surface area contributed by atoms with Crippen molar-refractivity contribution < 1.29 is 14.3 Å². The number of amides is 2. The highest BCUT2D eigenvalue weighted by atomic mass is 35.5. The molecule has 0 aliphatic carbocycles. The van der Waals surface area contributed by atoms with Crippen molar-refractivity contribution in [1.29, 1.82) is 0 Å². The number of benzene rings is 1. The molecular formula is C15H16Cl2N4O3.